The largest absolute Gasteiger partial charge is 0.391 e. The fraction of sp³-hybridized carbons (Fsp3) is 0.909. The molecule has 2 fully saturated rings. The first-order valence-electron chi connectivity index (χ1n) is 5.63. The first-order chi connectivity index (χ1) is 6.66. The predicted octanol–water partition coefficient (Wildman–Crippen LogP) is 1.02. The van der Waals surface area contributed by atoms with Gasteiger partial charge in [0.1, 0.15) is 0 Å². The van der Waals surface area contributed by atoms with Crippen LogP contribution in [0.25, 0.3) is 0 Å². The lowest BCUT2D eigenvalue weighted by Gasteiger charge is -2.38. The smallest absolute Gasteiger partial charge is 0.225 e. The molecule has 0 spiro atoms. The monoisotopic (exact) mass is 197 g/mol. The summed E-state index contributed by atoms with van der Waals surface area (Å²) in [6.45, 7) is 3.50. The quantitative estimate of drug-likeness (QED) is 0.681. The molecule has 1 saturated heterocycles. The second-order valence-corrected chi connectivity index (χ2v) is 4.87. The molecule has 0 aromatic heterocycles. The van der Waals surface area contributed by atoms with E-state index in [1.165, 1.54) is 6.42 Å². The van der Waals surface area contributed by atoms with E-state index in [4.69, 9.17) is 0 Å². The lowest BCUT2D eigenvalue weighted by molar-refractivity contribution is -0.142. The molecule has 1 heterocycles. The molecule has 14 heavy (non-hydrogen) atoms. The van der Waals surface area contributed by atoms with Crippen molar-refractivity contribution in [3.8, 4) is 0 Å². The topological polar surface area (TPSA) is 40.5 Å². The molecule has 1 aliphatic heterocycles. The van der Waals surface area contributed by atoms with Crippen molar-refractivity contribution in [1.82, 2.24) is 4.90 Å². The molecular weight excluding hydrogens is 178 g/mol. The normalized spacial score (nSPS) is 34.0. The van der Waals surface area contributed by atoms with Crippen LogP contribution in [0.5, 0.6) is 0 Å². The first kappa shape index (κ1) is 9.97. The minimum absolute atomic E-state index is 0.271. The Morgan fingerprint density at radius 2 is 2.07 bits per heavy atom. The van der Waals surface area contributed by atoms with Crippen molar-refractivity contribution in [3.05, 3.63) is 0 Å². The third-order valence-electron chi connectivity index (χ3n) is 3.40. The molecule has 0 aromatic rings. The van der Waals surface area contributed by atoms with E-state index in [0.29, 0.717) is 12.5 Å². The fourth-order valence-corrected chi connectivity index (χ4v) is 2.41. The number of nitrogens with zero attached hydrogens (tertiary/aromatic N) is 1. The minimum atomic E-state index is -0.303. The summed E-state index contributed by atoms with van der Waals surface area (Å²) in [4.78, 5) is 13.8. The van der Waals surface area contributed by atoms with Crippen LogP contribution in [-0.2, 0) is 4.79 Å². The molecule has 1 saturated carbocycles. The van der Waals surface area contributed by atoms with Crippen LogP contribution in [0.2, 0.25) is 0 Å². The molecule has 80 valence electrons. The summed E-state index contributed by atoms with van der Waals surface area (Å²) in [7, 11) is 0. The third-order valence-corrected chi connectivity index (χ3v) is 3.40. The van der Waals surface area contributed by atoms with Gasteiger partial charge in [0.05, 0.1) is 6.10 Å². The Balaban J connectivity index is 1.92. The van der Waals surface area contributed by atoms with E-state index in [1.54, 1.807) is 0 Å². The summed E-state index contributed by atoms with van der Waals surface area (Å²) in [5.41, 5.74) is 0. The third kappa shape index (κ3) is 1.92. The fourth-order valence-electron chi connectivity index (χ4n) is 2.41. The molecule has 1 amide bonds. The number of β-amino-alcohol motifs (C(OH)–C–C–N with tert-alkyl or cyclic N) is 1. The summed E-state index contributed by atoms with van der Waals surface area (Å²) >= 11 is 0. The minimum Gasteiger partial charge on any atom is -0.391 e. The molecule has 0 aromatic carbocycles. The van der Waals surface area contributed by atoms with E-state index in [-0.39, 0.29) is 17.9 Å². The van der Waals surface area contributed by atoms with Gasteiger partial charge in [-0.25, -0.2) is 0 Å². The molecule has 0 unspecified atom stereocenters. The number of hydrogen-bond donors (Lipinski definition) is 1. The van der Waals surface area contributed by atoms with Gasteiger partial charge in [-0.05, 0) is 25.2 Å². The van der Waals surface area contributed by atoms with Crippen LogP contribution in [0.4, 0.5) is 0 Å². The molecule has 0 bridgehead atoms. The second-order valence-electron chi connectivity index (χ2n) is 4.87. The van der Waals surface area contributed by atoms with E-state index < -0.39 is 0 Å². The van der Waals surface area contributed by atoms with Gasteiger partial charge in [0, 0.05) is 19.0 Å². The highest BCUT2D eigenvalue weighted by molar-refractivity contribution is 5.79. The SMILES string of the molecule is C[C@@H]1C[C@H](O)CN(C(=O)C2CCC2)C1. The van der Waals surface area contributed by atoms with E-state index in [9.17, 15) is 9.90 Å². The molecule has 2 rings (SSSR count). The molecule has 0 radical (unpaired) electrons. The van der Waals surface area contributed by atoms with Gasteiger partial charge in [0.15, 0.2) is 0 Å². The maximum atomic E-state index is 11.9. The van der Waals surface area contributed by atoms with Crippen LogP contribution in [0.15, 0.2) is 0 Å². The van der Waals surface area contributed by atoms with Crippen molar-refractivity contribution in [2.75, 3.05) is 13.1 Å². The number of amides is 1. The molecule has 1 N–H and O–H groups in total. The standard InChI is InChI=1S/C11H19NO2/c1-8-5-10(13)7-12(6-8)11(14)9-3-2-4-9/h8-10,13H,2-7H2,1H3/t8-,10+/m1/s1. The maximum Gasteiger partial charge on any atom is 0.225 e. The van der Waals surface area contributed by atoms with E-state index in [1.807, 2.05) is 4.90 Å². The lowest BCUT2D eigenvalue weighted by Crippen LogP contribution is -2.48. The zero-order valence-electron chi connectivity index (χ0n) is 8.78. The zero-order chi connectivity index (χ0) is 10.1. The van der Waals surface area contributed by atoms with Crippen LogP contribution in [0.1, 0.15) is 32.6 Å². The highest BCUT2D eigenvalue weighted by Gasteiger charge is 2.33. The van der Waals surface area contributed by atoms with E-state index in [2.05, 4.69) is 6.92 Å². The number of likely N-dealkylation sites (tertiary alicyclic amines) is 1. The number of carbonyl (C=O) groups is 1. The molecular formula is C11H19NO2. The summed E-state index contributed by atoms with van der Waals surface area (Å²) in [6, 6.07) is 0. The maximum absolute atomic E-state index is 11.9. The Kier molecular flexibility index (Phi) is 2.77. The molecule has 1 aliphatic carbocycles. The summed E-state index contributed by atoms with van der Waals surface area (Å²) in [5.74, 6) is 0.997. The number of piperidine rings is 1. The van der Waals surface area contributed by atoms with Crippen molar-refractivity contribution < 1.29 is 9.90 Å². The first-order valence-corrected chi connectivity index (χ1v) is 5.63. The Morgan fingerprint density at radius 3 is 2.57 bits per heavy atom. The van der Waals surface area contributed by atoms with Gasteiger partial charge in [-0.2, -0.15) is 0 Å². The highest BCUT2D eigenvalue weighted by atomic mass is 16.3. The number of carbonyl (C=O) groups excluding carboxylic acids is 1. The van der Waals surface area contributed by atoms with E-state index >= 15 is 0 Å². The van der Waals surface area contributed by atoms with Crippen molar-refractivity contribution >= 4 is 5.91 Å². The van der Waals surface area contributed by atoms with Crippen LogP contribution in [-0.4, -0.2) is 35.1 Å². The summed E-state index contributed by atoms with van der Waals surface area (Å²) in [6.07, 6.45) is 3.85. The van der Waals surface area contributed by atoms with Crippen LogP contribution in [0, 0.1) is 11.8 Å². The van der Waals surface area contributed by atoms with Gasteiger partial charge in [0.2, 0.25) is 5.91 Å². The van der Waals surface area contributed by atoms with Crippen molar-refractivity contribution in [2.24, 2.45) is 11.8 Å². The highest BCUT2D eigenvalue weighted by Crippen LogP contribution is 2.29. The molecule has 2 atom stereocenters. The Bertz CT molecular complexity index is 215. The number of rotatable bonds is 1. The van der Waals surface area contributed by atoms with Crippen LogP contribution < -0.4 is 0 Å². The van der Waals surface area contributed by atoms with Crippen molar-refractivity contribution in [2.45, 2.75) is 38.7 Å². The zero-order valence-corrected chi connectivity index (χ0v) is 8.78. The van der Waals surface area contributed by atoms with Gasteiger partial charge >= 0.3 is 0 Å². The van der Waals surface area contributed by atoms with Gasteiger partial charge in [0.25, 0.3) is 0 Å². The molecule has 2 aliphatic rings. The van der Waals surface area contributed by atoms with Gasteiger partial charge in [-0.15, -0.1) is 0 Å². The average Bonchev–Trinajstić information content (AvgIpc) is 1.98. The van der Waals surface area contributed by atoms with E-state index in [0.717, 1.165) is 25.8 Å². The molecule has 3 nitrogen and oxygen atoms in total. The predicted molar refractivity (Wildman–Crippen MR) is 53.7 cm³/mol. The summed E-state index contributed by atoms with van der Waals surface area (Å²) < 4.78 is 0. The second kappa shape index (κ2) is 3.89. The van der Waals surface area contributed by atoms with Gasteiger partial charge in [-0.3, -0.25) is 4.79 Å². The van der Waals surface area contributed by atoms with Crippen molar-refractivity contribution in [3.63, 3.8) is 0 Å². The van der Waals surface area contributed by atoms with Gasteiger partial charge in [-0.1, -0.05) is 13.3 Å². The van der Waals surface area contributed by atoms with Crippen molar-refractivity contribution in [1.29, 1.82) is 0 Å². The summed E-state index contributed by atoms with van der Waals surface area (Å²) in [5, 5.41) is 9.58. The molecule has 3 heteroatoms. The number of aliphatic hydroxyl groups is 1. The Labute approximate surface area is 85.1 Å². The van der Waals surface area contributed by atoms with Crippen LogP contribution >= 0.6 is 0 Å². The van der Waals surface area contributed by atoms with Crippen LogP contribution in [0.3, 0.4) is 0 Å². The number of aliphatic hydroxyl groups excluding tert-OH is 1. The Hall–Kier alpha value is -0.570. The Morgan fingerprint density at radius 1 is 1.36 bits per heavy atom. The number of hydrogen-bond acceptors (Lipinski definition) is 2. The van der Waals surface area contributed by atoms with Gasteiger partial charge < -0.3 is 10.0 Å². The average molecular weight is 197 g/mol. The lowest BCUT2D eigenvalue weighted by atomic mass is 9.83.